The van der Waals surface area contributed by atoms with E-state index in [1.807, 2.05) is 11.8 Å². The van der Waals surface area contributed by atoms with Crippen LogP contribution >= 0.6 is 0 Å². The predicted octanol–water partition coefficient (Wildman–Crippen LogP) is 1.21. The summed E-state index contributed by atoms with van der Waals surface area (Å²) in [6.45, 7) is 4.33. The maximum atomic E-state index is 12.1. The van der Waals surface area contributed by atoms with Crippen molar-refractivity contribution in [1.82, 2.24) is 9.21 Å². The summed E-state index contributed by atoms with van der Waals surface area (Å²) < 4.78 is 30.8. The molecule has 0 bridgehead atoms. The number of sulfonamides is 1. The van der Waals surface area contributed by atoms with Crippen LogP contribution in [0.3, 0.4) is 0 Å². The number of unbranched alkanes of at least 4 members (excludes halogenated alkanes) is 1. The maximum Gasteiger partial charge on any atom is 0.214 e. The summed E-state index contributed by atoms with van der Waals surface area (Å²) >= 11 is 0. The fourth-order valence-corrected chi connectivity index (χ4v) is 3.97. The maximum absolute atomic E-state index is 12.1. The van der Waals surface area contributed by atoms with Gasteiger partial charge in [-0.3, -0.25) is 9.69 Å². The smallest absolute Gasteiger partial charge is 0.214 e. The minimum atomic E-state index is -3.14. The minimum Gasteiger partial charge on any atom is -0.461 e. The van der Waals surface area contributed by atoms with E-state index in [0.717, 1.165) is 6.42 Å². The third kappa shape index (κ3) is 4.39. The second-order valence-electron chi connectivity index (χ2n) is 5.25. The zero-order valence-corrected chi connectivity index (χ0v) is 13.1. The highest BCUT2D eigenvalue weighted by Crippen LogP contribution is 2.11. The Labute approximate surface area is 125 Å². The van der Waals surface area contributed by atoms with E-state index in [4.69, 9.17) is 4.42 Å². The van der Waals surface area contributed by atoms with Gasteiger partial charge in [0.2, 0.25) is 15.8 Å². The van der Waals surface area contributed by atoms with Crippen molar-refractivity contribution >= 4 is 15.8 Å². The number of carbonyl (C=O) groups is 1. The van der Waals surface area contributed by atoms with Gasteiger partial charge in [0.05, 0.1) is 18.6 Å². The molecule has 0 aliphatic carbocycles. The van der Waals surface area contributed by atoms with Crippen LogP contribution < -0.4 is 0 Å². The van der Waals surface area contributed by atoms with Gasteiger partial charge in [0.25, 0.3) is 0 Å². The van der Waals surface area contributed by atoms with E-state index in [1.165, 1.54) is 10.6 Å². The number of carbonyl (C=O) groups excluding carboxylic acids is 1. The van der Waals surface area contributed by atoms with Crippen LogP contribution in [0.2, 0.25) is 0 Å². The van der Waals surface area contributed by atoms with Crippen LogP contribution in [0.1, 0.15) is 30.3 Å². The van der Waals surface area contributed by atoms with Crippen molar-refractivity contribution in [3.63, 3.8) is 0 Å². The van der Waals surface area contributed by atoms with Gasteiger partial charge in [-0.05, 0) is 18.6 Å². The standard InChI is InChI=1S/C14H22N2O4S/c1-2-3-11-21(18,19)16-8-6-15(7-9-16)12-13(17)14-5-4-10-20-14/h4-5,10H,2-3,6-9,11-12H2,1H3. The molecule has 118 valence electrons. The Morgan fingerprint density at radius 2 is 2.00 bits per heavy atom. The zero-order chi connectivity index (χ0) is 15.3. The zero-order valence-electron chi connectivity index (χ0n) is 12.3. The van der Waals surface area contributed by atoms with E-state index in [2.05, 4.69) is 0 Å². The Kier molecular flexibility index (Phi) is 5.55. The lowest BCUT2D eigenvalue weighted by molar-refractivity contribution is 0.0874. The molecule has 1 aliphatic rings. The Balaban J connectivity index is 1.82. The molecule has 0 saturated carbocycles. The lowest BCUT2D eigenvalue weighted by atomic mass is 10.2. The lowest BCUT2D eigenvalue weighted by Gasteiger charge is -2.33. The van der Waals surface area contributed by atoms with Crippen LogP contribution in [0.25, 0.3) is 0 Å². The van der Waals surface area contributed by atoms with E-state index in [1.54, 1.807) is 12.1 Å². The number of hydrogen-bond acceptors (Lipinski definition) is 5. The van der Waals surface area contributed by atoms with Gasteiger partial charge < -0.3 is 4.42 Å². The molecular weight excluding hydrogens is 292 g/mol. The summed E-state index contributed by atoms with van der Waals surface area (Å²) in [4.78, 5) is 13.9. The van der Waals surface area contributed by atoms with Crippen molar-refractivity contribution in [3.8, 4) is 0 Å². The van der Waals surface area contributed by atoms with E-state index < -0.39 is 10.0 Å². The third-order valence-electron chi connectivity index (χ3n) is 3.64. The van der Waals surface area contributed by atoms with Crippen molar-refractivity contribution < 1.29 is 17.6 Å². The first-order valence-corrected chi connectivity index (χ1v) is 8.90. The van der Waals surface area contributed by atoms with Crippen LogP contribution in [0.4, 0.5) is 0 Å². The number of ketones is 1. The van der Waals surface area contributed by atoms with Crippen molar-refractivity contribution in [2.75, 3.05) is 38.5 Å². The van der Waals surface area contributed by atoms with Crippen LogP contribution in [0.15, 0.2) is 22.8 Å². The fourth-order valence-electron chi connectivity index (χ4n) is 2.34. The number of nitrogens with zero attached hydrogens (tertiary/aromatic N) is 2. The van der Waals surface area contributed by atoms with Gasteiger partial charge in [-0.2, -0.15) is 4.31 Å². The second-order valence-corrected chi connectivity index (χ2v) is 7.33. The van der Waals surface area contributed by atoms with Gasteiger partial charge in [0.1, 0.15) is 0 Å². The average molecular weight is 314 g/mol. The summed E-state index contributed by atoms with van der Waals surface area (Å²) in [5.74, 6) is 0.504. The van der Waals surface area contributed by atoms with Gasteiger partial charge in [-0.1, -0.05) is 13.3 Å². The van der Waals surface area contributed by atoms with Crippen LogP contribution in [0.5, 0.6) is 0 Å². The SMILES string of the molecule is CCCCS(=O)(=O)N1CCN(CC(=O)c2ccco2)CC1. The van der Waals surface area contributed by atoms with Crippen LogP contribution in [-0.4, -0.2) is 61.9 Å². The molecule has 2 heterocycles. The quantitative estimate of drug-likeness (QED) is 0.708. The molecule has 0 unspecified atom stereocenters. The number of piperazine rings is 1. The third-order valence-corrected chi connectivity index (χ3v) is 5.60. The van der Waals surface area contributed by atoms with Crippen LogP contribution in [-0.2, 0) is 10.0 Å². The molecule has 0 N–H and O–H groups in total. The van der Waals surface area contributed by atoms with Gasteiger partial charge in [0.15, 0.2) is 5.76 Å². The van der Waals surface area contributed by atoms with Crippen LogP contribution in [0, 0.1) is 0 Å². The van der Waals surface area contributed by atoms with E-state index >= 15 is 0 Å². The largest absolute Gasteiger partial charge is 0.461 e. The molecule has 1 fully saturated rings. The molecular formula is C14H22N2O4S. The molecule has 1 aromatic heterocycles. The van der Waals surface area contributed by atoms with Gasteiger partial charge >= 0.3 is 0 Å². The van der Waals surface area contributed by atoms with Gasteiger partial charge in [-0.25, -0.2) is 8.42 Å². The highest BCUT2D eigenvalue weighted by molar-refractivity contribution is 7.89. The molecule has 21 heavy (non-hydrogen) atoms. The monoisotopic (exact) mass is 314 g/mol. The first-order chi connectivity index (χ1) is 10.0. The topological polar surface area (TPSA) is 70.8 Å². The molecule has 6 nitrogen and oxygen atoms in total. The molecule has 2 rings (SSSR count). The Morgan fingerprint density at radius 3 is 2.57 bits per heavy atom. The molecule has 0 aromatic carbocycles. The van der Waals surface area contributed by atoms with Gasteiger partial charge in [0, 0.05) is 26.2 Å². The summed E-state index contributed by atoms with van der Waals surface area (Å²) in [7, 11) is -3.14. The van der Waals surface area contributed by atoms with Gasteiger partial charge in [-0.15, -0.1) is 0 Å². The number of Topliss-reactive ketones (excluding diaryl/α,β-unsaturated/α-hetero) is 1. The molecule has 0 amide bonds. The molecule has 1 aliphatic heterocycles. The second kappa shape index (κ2) is 7.20. The highest BCUT2D eigenvalue weighted by Gasteiger charge is 2.27. The van der Waals surface area contributed by atoms with Crippen molar-refractivity contribution in [1.29, 1.82) is 0 Å². The lowest BCUT2D eigenvalue weighted by Crippen LogP contribution is -2.50. The average Bonchev–Trinajstić information content (AvgIpc) is 3.00. The molecule has 7 heteroatoms. The molecule has 1 aromatic rings. The Morgan fingerprint density at radius 1 is 1.29 bits per heavy atom. The summed E-state index contributed by atoms with van der Waals surface area (Å²) in [6, 6.07) is 3.33. The first kappa shape index (κ1) is 16.2. The normalized spacial score (nSPS) is 18.0. The number of hydrogen-bond donors (Lipinski definition) is 0. The van der Waals surface area contributed by atoms with E-state index in [0.29, 0.717) is 38.4 Å². The van der Waals surface area contributed by atoms with Crippen molar-refractivity contribution in [3.05, 3.63) is 24.2 Å². The predicted molar refractivity (Wildman–Crippen MR) is 79.7 cm³/mol. The highest BCUT2D eigenvalue weighted by atomic mass is 32.2. The summed E-state index contributed by atoms with van der Waals surface area (Å²) in [5.41, 5.74) is 0. The minimum absolute atomic E-state index is 0.0673. The molecule has 0 radical (unpaired) electrons. The Hall–Kier alpha value is -1.18. The van der Waals surface area contributed by atoms with Crippen molar-refractivity contribution in [2.45, 2.75) is 19.8 Å². The van der Waals surface area contributed by atoms with Crippen molar-refractivity contribution in [2.24, 2.45) is 0 Å². The summed E-state index contributed by atoms with van der Waals surface area (Å²) in [6.07, 6.45) is 3.04. The number of furan rings is 1. The Bertz CT molecular complexity index is 546. The molecule has 0 spiro atoms. The number of rotatable bonds is 7. The molecule has 0 atom stereocenters. The fraction of sp³-hybridized carbons (Fsp3) is 0.643. The first-order valence-electron chi connectivity index (χ1n) is 7.30. The van der Waals surface area contributed by atoms with E-state index in [-0.39, 0.29) is 18.1 Å². The van der Waals surface area contributed by atoms with E-state index in [9.17, 15) is 13.2 Å². The molecule has 1 saturated heterocycles. The summed E-state index contributed by atoms with van der Waals surface area (Å²) in [5, 5.41) is 0.